The van der Waals surface area contributed by atoms with Gasteiger partial charge in [0.25, 0.3) is 23.6 Å². The van der Waals surface area contributed by atoms with Crippen LogP contribution in [0.25, 0.3) is 0 Å². The van der Waals surface area contributed by atoms with Crippen LogP contribution in [0.1, 0.15) is 13.8 Å². The Labute approximate surface area is 123 Å². The Morgan fingerprint density at radius 1 is 0.800 bits per heavy atom. The van der Waals surface area contributed by atoms with E-state index in [4.69, 9.17) is 0 Å². The summed E-state index contributed by atoms with van der Waals surface area (Å²) in [7, 11) is 2.06. The number of likely N-dealkylation sites (N-methyl/N-ethyl adjacent to an activating group) is 2. The van der Waals surface area contributed by atoms with E-state index in [1.165, 1.54) is 12.2 Å². The van der Waals surface area contributed by atoms with Gasteiger partial charge in [-0.3, -0.25) is 29.0 Å². The summed E-state index contributed by atoms with van der Waals surface area (Å²) >= 11 is 0. The van der Waals surface area contributed by atoms with Gasteiger partial charge in [-0.05, 0) is 35.4 Å². The molecule has 0 radical (unpaired) electrons. The van der Waals surface area contributed by atoms with Gasteiger partial charge < -0.3 is 0 Å². The van der Waals surface area contributed by atoms with Gasteiger partial charge in [-0.25, -0.2) is 0 Å². The molecule has 0 atom stereocenters. The average Bonchev–Trinajstić information content (AvgIpc) is 2.84. The lowest BCUT2D eigenvalue weighted by Crippen LogP contribution is -2.30. The topological polar surface area (TPSA) is 74.8 Å². The maximum Gasteiger partial charge on any atom is 0.268 e. The van der Waals surface area contributed by atoms with E-state index in [1.807, 2.05) is 0 Å². The number of hydrogen-bond acceptors (Lipinski definition) is 6. The van der Waals surface area contributed by atoms with Gasteiger partial charge in [-0.2, -0.15) is 0 Å². The zero-order chi connectivity index (χ0) is 14.9. The zero-order valence-electron chi connectivity index (χ0n) is 10.9. The van der Waals surface area contributed by atoms with Gasteiger partial charge >= 0.3 is 0 Å². The molecule has 4 amide bonds. The van der Waals surface area contributed by atoms with Crippen molar-refractivity contribution < 1.29 is 19.2 Å². The highest BCUT2D eigenvalue weighted by Crippen LogP contribution is 2.41. The van der Waals surface area contributed by atoms with E-state index < -0.39 is 0 Å². The molecule has 2 rings (SSSR count). The van der Waals surface area contributed by atoms with E-state index in [-0.39, 0.29) is 33.4 Å². The first-order chi connectivity index (χ1) is 9.49. The summed E-state index contributed by atoms with van der Waals surface area (Å²) in [5.41, 5.74) is 0. The quantitative estimate of drug-likeness (QED) is 0.555. The Hall–Kier alpha value is -1.54. The first-order valence-electron chi connectivity index (χ1n) is 5.99. The number of carbonyl (C=O) groups is 4. The van der Waals surface area contributed by atoms with Gasteiger partial charge in [0, 0.05) is 25.2 Å². The fraction of sp³-hybridized carbons (Fsp3) is 0.333. The number of nitrogens with zero attached hydrogens (tertiary/aromatic N) is 2. The molecule has 0 aromatic carbocycles. The third kappa shape index (κ3) is 2.53. The molecule has 0 unspecified atom stereocenters. The van der Waals surface area contributed by atoms with E-state index >= 15 is 0 Å². The second kappa shape index (κ2) is 5.84. The molecular formula is C12H12N2O4S2. The van der Waals surface area contributed by atoms with Crippen molar-refractivity contribution in [3.05, 3.63) is 22.0 Å². The maximum atomic E-state index is 11.8. The zero-order valence-corrected chi connectivity index (χ0v) is 12.5. The molecule has 20 heavy (non-hydrogen) atoms. The van der Waals surface area contributed by atoms with Crippen molar-refractivity contribution in [3.8, 4) is 0 Å². The lowest BCUT2D eigenvalue weighted by Gasteiger charge is -2.11. The summed E-state index contributed by atoms with van der Waals surface area (Å²) in [6.07, 6.45) is 2.51. The fourth-order valence-electron chi connectivity index (χ4n) is 1.78. The van der Waals surface area contributed by atoms with Crippen LogP contribution in [0.3, 0.4) is 0 Å². The second-order valence-corrected chi connectivity index (χ2v) is 6.17. The summed E-state index contributed by atoms with van der Waals surface area (Å²) < 4.78 is 0. The van der Waals surface area contributed by atoms with E-state index in [0.717, 1.165) is 31.4 Å². The Morgan fingerprint density at radius 3 is 1.40 bits per heavy atom. The number of carbonyl (C=O) groups excluding carboxylic acids is 4. The molecule has 0 spiro atoms. The molecule has 0 N–H and O–H groups in total. The van der Waals surface area contributed by atoms with Crippen LogP contribution >= 0.6 is 21.6 Å². The van der Waals surface area contributed by atoms with Crippen molar-refractivity contribution in [2.24, 2.45) is 0 Å². The molecule has 8 heteroatoms. The average molecular weight is 312 g/mol. The lowest BCUT2D eigenvalue weighted by atomic mass is 10.5. The highest BCUT2D eigenvalue weighted by atomic mass is 33.1. The van der Waals surface area contributed by atoms with Crippen LogP contribution in [0.15, 0.2) is 22.0 Å². The summed E-state index contributed by atoms with van der Waals surface area (Å²) in [4.78, 5) is 49.5. The molecule has 2 aliphatic heterocycles. The van der Waals surface area contributed by atoms with Crippen LogP contribution in [0, 0.1) is 0 Å². The Bertz CT molecular complexity index is 518. The minimum absolute atomic E-state index is 0.276. The second-order valence-electron chi connectivity index (χ2n) is 3.96. The van der Waals surface area contributed by atoms with Gasteiger partial charge in [0.15, 0.2) is 0 Å². The molecule has 0 bridgehead atoms. The van der Waals surface area contributed by atoms with E-state index in [1.54, 1.807) is 13.8 Å². The van der Waals surface area contributed by atoms with Gasteiger partial charge in [-0.15, -0.1) is 0 Å². The third-order valence-corrected chi connectivity index (χ3v) is 5.16. The van der Waals surface area contributed by atoms with Crippen LogP contribution in [0.4, 0.5) is 0 Å². The summed E-state index contributed by atoms with van der Waals surface area (Å²) in [5.74, 6) is -1.42. The monoisotopic (exact) mass is 312 g/mol. The normalized spacial score (nSPS) is 19.1. The standard InChI is InChI=1S/C12H12N2O4S2/c1-3-13-9(15)5-7(11(13)17)19-20-8-6-10(16)14(4-2)12(8)18/h5-6H,3-4H2,1-2H3. The molecule has 0 fully saturated rings. The van der Waals surface area contributed by atoms with Crippen LogP contribution in [0.2, 0.25) is 0 Å². The molecule has 6 nitrogen and oxygen atoms in total. The van der Waals surface area contributed by atoms with Crippen LogP contribution < -0.4 is 0 Å². The first kappa shape index (κ1) is 14.9. The minimum Gasteiger partial charge on any atom is -0.275 e. The van der Waals surface area contributed by atoms with Gasteiger partial charge in [0.2, 0.25) is 0 Å². The molecule has 0 aromatic heterocycles. The van der Waals surface area contributed by atoms with Crippen LogP contribution in [-0.4, -0.2) is 46.5 Å². The molecule has 2 aliphatic rings. The molecule has 0 saturated carbocycles. The van der Waals surface area contributed by atoms with Crippen molar-refractivity contribution in [3.63, 3.8) is 0 Å². The van der Waals surface area contributed by atoms with Crippen LogP contribution in [-0.2, 0) is 19.2 Å². The Morgan fingerprint density at radius 2 is 1.15 bits per heavy atom. The SMILES string of the molecule is CCN1C(=O)C=C(SSC2=CC(=O)N(CC)C2=O)C1=O. The van der Waals surface area contributed by atoms with E-state index in [0.29, 0.717) is 13.1 Å². The Balaban J connectivity index is 2.01. The highest BCUT2D eigenvalue weighted by molar-refractivity contribution is 8.80. The number of imide groups is 2. The number of rotatable bonds is 5. The molecular weight excluding hydrogens is 300 g/mol. The predicted molar refractivity (Wildman–Crippen MR) is 76.1 cm³/mol. The highest BCUT2D eigenvalue weighted by Gasteiger charge is 2.33. The molecule has 106 valence electrons. The predicted octanol–water partition coefficient (Wildman–Crippen LogP) is 0.913. The summed E-state index contributed by atoms with van der Waals surface area (Å²) in [6.45, 7) is 4.05. The first-order valence-corrected chi connectivity index (χ1v) is 8.14. The van der Waals surface area contributed by atoms with Crippen molar-refractivity contribution >= 4 is 45.2 Å². The van der Waals surface area contributed by atoms with Gasteiger partial charge in [-0.1, -0.05) is 0 Å². The minimum atomic E-state index is -0.361. The third-order valence-electron chi connectivity index (χ3n) is 2.81. The number of amides is 4. The largest absolute Gasteiger partial charge is 0.275 e. The van der Waals surface area contributed by atoms with Crippen molar-refractivity contribution in [2.75, 3.05) is 13.1 Å². The Kier molecular flexibility index (Phi) is 4.34. The lowest BCUT2D eigenvalue weighted by molar-refractivity contribution is -0.138. The van der Waals surface area contributed by atoms with Crippen molar-refractivity contribution in [2.45, 2.75) is 13.8 Å². The van der Waals surface area contributed by atoms with E-state index in [2.05, 4.69) is 0 Å². The van der Waals surface area contributed by atoms with Crippen molar-refractivity contribution in [1.82, 2.24) is 9.80 Å². The maximum absolute atomic E-state index is 11.8. The van der Waals surface area contributed by atoms with Crippen molar-refractivity contribution in [1.29, 1.82) is 0 Å². The smallest absolute Gasteiger partial charge is 0.268 e. The number of hydrogen-bond donors (Lipinski definition) is 0. The molecule has 0 aliphatic carbocycles. The van der Waals surface area contributed by atoms with Gasteiger partial charge in [0.1, 0.15) is 0 Å². The van der Waals surface area contributed by atoms with Gasteiger partial charge in [0.05, 0.1) is 9.81 Å². The van der Waals surface area contributed by atoms with E-state index in [9.17, 15) is 19.2 Å². The molecule has 0 aromatic rings. The molecule has 0 saturated heterocycles. The summed E-state index contributed by atoms with van der Waals surface area (Å²) in [6, 6.07) is 0. The van der Waals surface area contributed by atoms with Crippen LogP contribution in [0.5, 0.6) is 0 Å². The molecule has 2 heterocycles. The fourth-order valence-corrected chi connectivity index (χ4v) is 3.87. The summed E-state index contributed by atoms with van der Waals surface area (Å²) in [5, 5.41) is 0.